The molecule has 7 nitrogen and oxygen atoms in total. The van der Waals surface area contributed by atoms with Gasteiger partial charge in [0.2, 0.25) is 12.3 Å². The van der Waals surface area contributed by atoms with Gasteiger partial charge < -0.3 is 26.0 Å². The van der Waals surface area contributed by atoms with Gasteiger partial charge in [-0.1, -0.05) is 50.6 Å². The van der Waals surface area contributed by atoms with Gasteiger partial charge in [0, 0.05) is 44.2 Å². The maximum absolute atomic E-state index is 12.4. The lowest BCUT2D eigenvalue weighted by atomic mass is 9.96. The number of phenolic OH excluding ortho intramolecular Hbond substituents is 1. The van der Waals surface area contributed by atoms with Crippen LogP contribution in [0.4, 0.5) is 5.69 Å². The zero-order valence-corrected chi connectivity index (χ0v) is 21.8. The molecule has 2 rings (SSSR count). The number of halogens is 1. The SMILES string of the molecule is CC(C)(C)CN(CCNCCc1ccc(O)c(NC=O)c1)CCC(=O)NCCc1cccc(Cl)c1. The number of hydrogen-bond donors (Lipinski definition) is 4. The highest BCUT2D eigenvalue weighted by molar-refractivity contribution is 6.30. The minimum absolute atomic E-state index is 0.0557. The van der Waals surface area contributed by atoms with Crippen molar-refractivity contribution in [1.29, 1.82) is 0 Å². The van der Waals surface area contributed by atoms with Crippen molar-refractivity contribution in [2.24, 2.45) is 5.41 Å². The fraction of sp³-hybridized carbons (Fsp3) is 0.481. The maximum Gasteiger partial charge on any atom is 0.221 e. The number of rotatable bonds is 15. The van der Waals surface area contributed by atoms with Crippen LogP contribution in [-0.2, 0) is 22.4 Å². The van der Waals surface area contributed by atoms with Gasteiger partial charge in [0.25, 0.3) is 0 Å². The van der Waals surface area contributed by atoms with E-state index in [1.807, 2.05) is 30.3 Å². The van der Waals surface area contributed by atoms with Crippen molar-refractivity contribution in [3.05, 3.63) is 58.6 Å². The third-order valence-corrected chi connectivity index (χ3v) is 5.68. The van der Waals surface area contributed by atoms with Crippen LogP contribution in [0.2, 0.25) is 5.02 Å². The summed E-state index contributed by atoms with van der Waals surface area (Å²) in [6.07, 6.45) is 2.56. The van der Waals surface area contributed by atoms with Crippen LogP contribution in [0.5, 0.6) is 5.75 Å². The summed E-state index contributed by atoms with van der Waals surface area (Å²) in [5.41, 5.74) is 2.69. The summed E-state index contributed by atoms with van der Waals surface area (Å²) in [6.45, 7) is 11.3. The summed E-state index contributed by atoms with van der Waals surface area (Å²) in [6, 6.07) is 12.9. The van der Waals surface area contributed by atoms with Crippen molar-refractivity contribution in [2.75, 3.05) is 44.6 Å². The molecule has 0 aromatic heterocycles. The number of carbonyl (C=O) groups is 2. The van der Waals surface area contributed by atoms with E-state index < -0.39 is 0 Å². The molecule has 2 amide bonds. The Balaban J connectivity index is 1.71. The molecule has 192 valence electrons. The van der Waals surface area contributed by atoms with Gasteiger partial charge in [0.05, 0.1) is 5.69 Å². The third kappa shape index (κ3) is 12.1. The first-order valence-corrected chi connectivity index (χ1v) is 12.5. The molecule has 0 fully saturated rings. The quantitative estimate of drug-likeness (QED) is 0.169. The molecule has 0 radical (unpaired) electrons. The summed E-state index contributed by atoms with van der Waals surface area (Å²) in [5, 5.41) is 19.4. The Morgan fingerprint density at radius 3 is 2.49 bits per heavy atom. The average molecular weight is 503 g/mol. The van der Waals surface area contributed by atoms with E-state index in [4.69, 9.17) is 11.6 Å². The van der Waals surface area contributed by atoms with Crippen molar-refractivity contribution in [1.82, 2.24) is 15.5 Å². The van der Waals surface area contributed by atoms with E-state index in [9.17, 15) is 14.7 Å². The molecule has 2 aromatic carbocycles. The van der Waals surface area contributed by atoms with E-state index in [-0.39, 0.29) is 17.1 Å². The predicted molar refractivity (Wildman–Crippen MR) is 143 cm³/mol. The molecule has 0 saturated heterocycles. The van der Waals surface area contributed by atoms with Gasteiger partial charge in [-0.25, -0.2) is 0 Å². The lowest BCUT2D eigenvalue weighted by molar-refractivity contribution is -0.121. The highest BCUT2D eigenvalue weighted by atomic mass is 35.5. The van der Waals surface area contributed by atoms with Crippen molar-refractivity contribution < 1.29 is 14.7 Å². The molecule has 35 heavy (non-hydrogen) atoms. The van der Waals surface area contributed by atoms with E-state index in [1.165, 1.54) is 0 Å². The molecular formula is C27H39ClN4O3. The zero-order valence-electron chi connectivity index (χ0n) is 21.1. The lowest BCUT2D eigenvalue weighted by Gasteiger charge is -2.30. The normalized spacial score (nSPS) is 11.5. The number of carbonyl (C=O) groups excluding carboxylic acids is 2. The van der Waals surface area contributed by atoms with E-state index in [1.54, 1.807) is 12.1 Å². The largest absolute Gasteiger partial charge is 0.506 e. The van der Waals surface area contributed by atoms with Gasteiger partial charge in [0.1, 0.15) is 5.75 Å². The van der Waals surface area contributed by atoms with Crippen LogP contribution in [0.15, 0.2) is 42.5 Å². The van der Waals surface area contributed by atoms with E-state index >= 15 is 0 Å². The van der Waals surface area contributed by atoms with Gasteiger partial charge in [-0.2, -0.15) is 0 Å². The number of benzene rings is 2. The van der Waals surface area contributed by atoms with Gasteiger partial charge >= 0.3 is 0 Å². The number of nitrogens with zero attached hydrogens (tertiary/aromatic N) is 1. The van der Waals surface area contributed by atoms with Gasteiger partial charge in [-0.05, 0) is 60.2 Å². The van der Waals surface area contributed by atoms with Crippen LogP contribution in [0, 0.1) is 5.41 Å². The smallest absolute Gasteiger partial charge is 0.221 e. The number of phenols is 1. The number of nitrogens with one attached hydrogen (secondary N) is 3. The third-order valence-electron chi connectivity index (χ3n) is 5.45. The summed E-state index contributed by atoms with van der Waals surface area (Å²) in [5.74, 6) is 0.117. The molecule has 2 aromatic rings. The minimum Gasteiger partial charge on any atom is -0.506 e. The van der Waals surface area contributed by atoms with Crippen LogP contribution in [0.1, 0.15) is 38.3 Å². The molecule has 0 bridgehead atoms. The fourth-order valence-electron chi connectivity index (χ4n) is 3.84. The van der Waals surface area contributed by atoms with Crippen LogP contribution >= 0.6 is 11.6 Å². The first-order chi connectivity index (χ1) is 16.7. The number of anilines is 1. The molecule has 0 unspecified atom stereocenters. The first kappa shape index (κ1) is 28.6. The standard InChI is InChI=1S/C27H39ClN4O3/c1-27(2,3)19-32(15-11-26(35)30-13-10-21-5-4-6-23(28)17-21)16-14-29-12-9-22-7-8-25(34)24(18-22)31-20-33/h4-8,17-18,20,29,34H,9-16,19H2,1-3H3,(H,30,35)(H,31,33). The highest BCUT2D eigenvalue weighted by Gasteiger charge is 2.17. The molecule has 0 atom stereocenters. The van der Waals surface area contributed by atoms with Crippen LogP contribution in [-0.4, -0.2) is 61.6 Å². The Kier molecular flexibility index (Phi) is 12.0. The number of aromatic hydroxyl groups is 1. The van der Waals surface area contributed by atoms with E-state index in [0.29, 0.717) is 36.6 Å². The topological polar surface area (TPSA) is 93.7 Å². The fourth-order valence-corrected chi connectivity index (χ4v) is 4.05. The Hall–Kier alpha value is -2.61. The second-order valence-corrected chi connectivity index (χ2v) is 10.4. The second-order valence-electron chi connectivity index (χ2n) is 9.93. The minimum atomic E-state index is 0.0557. The molecule has 0 aliphatic rings. The number of hydrogen-bond acceptors (Lipinski definition) is 5. The molecule has 8 heteroatoms. The Morgan fingerprint density at radius 2 is 1.77 bits per heavy atom. The number of amides is 2. The summed E-state index contributed by atoms with van der Waals surface area (Å²) >= 11 is 6.02. The van der Waals surface area contributed by atoms with Crippen LogP contribution in [0.3, 0.4) is 0 Å². The van der Waals surface area contributed by atoms with Gasteiger partial charge in [0.15, 0.2) is 0 Å². The Bertz CT molecular complexity index is 946. The van der Waals surface area contributed by atoms with E-state index in [0.717, 1.165) is 50.1 Å². The summed E-state index contributed by atoms with van der Waals surface area (Å²) in [4.78, 5) is 25.4. The van der Waals surface area contributed by atoms with Crippen LogP contribution in [0.25, 0.3) is 0 Å². The van der Waals surface area contributed by atoms with Crippen LogP contribution < -0.4 is 16.0 Å². The van der Waals surface area contributed by atoms with Crippen molar-refractivity contribution in [3.63, 3.8) is 0 Å². The van der Waals surface area contributed by atoms with Crippen molar-refractivity contribution >= 4 is 29.6 Å². The molecule has 0 heterocycles. The van der Waals surface area contributed by atoms with Crippen molar-refractivity contribution in [2.45, 2.75) is 40.0 Å². The summed E-state index contributed by atoms with van der Waals surface area (Å²) < 4.78 is 0. The zero-order chi connectivity index (χ0) is 25.7. The first-order valence-electron chi connectivity index (χ1n) is 12.1. The lowest BCUT2D eigenvalue weighted by Crippen LogP contribution is -2.40. The Labute approximate surface area is 214 Å². The van der Waals surface area contributed by atoms with E-state index in [2.05, 4.69) is 41.6 Å². The second kappa shape index (κ2) is 14.7. The molecular weight excluding hydrogens is 464 g/mol. The Morgan fingerprint density at radius 1 is 1.03 bits per heavy atom. The molecule has 4 N–H and O–H groups in total. The average Bonchev–Trinajstić information content (AvgIpc) is 2.78. The molecule has 0 spiro atoms. The summed E-state index contributed by atoms with van der Waals surface area (Å²) in [7, 11) is 0. The van der Waals surface area contributed by atoms with Gasteiger partial charge in [-0.15, -0.1) is 0 Å². The molecule has 0 aliphatic carbocycles. The maximum atomic E-state index is 12.4. The predicted octanol–water partition coefficient (Wildman–Crippen LogP) is 3.84. The molecule has 0 saturated carbocycles. The van der Waals surface area contributed by atoms with Crippen molar-refractivity contribution in [3.8, 4) is 5.75 Å². The molecule has 0 aliphatic heterocycles. The van der Waals surface area contributed by atoms with Gasteiger partial charge in [-0.3, -0.25) is 9.59 Å². The highest BCUT2D eigenvalue weighted by Crippen LogP contribution is 2.23. The monoisotopic (exact) mass is 502 g/mol.